The van der Waals surface area contributed by atoms with Crippen molar-refractivity contribution in [2.75, 3.05) is 34.7 Å². The van der Waals surface area contributed by atoms with Crippen LogP contribution in [-0.2, 0) is 14.4 Å². The second-order valence-electron chi connectivity index (χ2n) is 4.45. The number of rotatable bonds is 5. The lowest BCUT2D eigenvalue weighted by atomic mass is 10.3. The molecule has 0 aromatic heterocycles. The van der Waals surface area contributed by atoms with Crippen molar-refractivity contribution in [3.63, 3.8) is 0 Å². The first kappa shape index (κ1) is 19.9. The van der Waals surface area contributed by atoms with Crippen LogP contribution in [0, 0.1) is 0 Å². The topological polar surface area (TPSA) is 53.1 Å². The Bertz CT molecular complexity index is 302. The fourth-order valence-electron chi connectivity index (χ4n) is 1.17. The molecule has 0 saturated carbocycles. The number of nitrogens with zero attached hydrogens (tertiary/aromatic N) is 3. The lowest BCUT2D eigenvalue weighted by Gasteiger charge is -2.28. The molecule has 0 aliphatic heterocycles. The third kappa shape index (κ3) is 11.4. The van der Waals surface area contributed by atoms with Gasteiger partial charge in [-0.15, -0.1) is 5.06 Å². The van der Waals surface area contributed by atoms with Crippen LogP contribution in [0.2, 0.25) is 0 Å². The van der Waals surface area contributed by atoms with Crippen LogP contribution in [0.15, 0.2) is 12.2 Å². The van der Waals surface area contributed by atoms with Crippen molar-refractivity contribution in [3.8, 4) is 0 Å². The SMILES string of the molecule is C=C(C)C(=O)N(CCC)N(C)C.CC(=O)ON(C)C. The van der Waals surface area contributed by atoms with Crippen molar-refractivity contribution in [3.05, 3.63) is 12.2 Å². The molecule has 0 saturated heterocycles. The minimum absolute atomic E-state index is 0.00171. The van der Waals surface area contributed by atoms with Crippen molar-refractivity contribution < 1.29 is 14.4 Å². The van der Waals surface area contributed by atoms with Gasteiger partial charge in [0.25, 0.3) is 5.91 Å². The van der Waals surface area contributed by atoms with E-state index in [4.69, 9.17) is 0 Å². The molecule has 0 heterocycles. The van der Waals surface area contributed by atoms with Gasteiger partial charge in [0, 0.05) is 47.2 Å². The van der Waals surface area contributed by atoms with Gasteiger partial charge in [-0.25, -0.2) is 5.01 Å². The van der Waals surface area contributed by atoms with Gasteiger partial charge in [0.15, 0.2) is 0 Å². The van der Waals surface area contributed by atoms with E-state index in [2.05, 4.69) is 11.4 Å². The molecule has 0 aromatic carbocycles. The second kappa shape index (κ2) is 10.5. The van der Waals surface area contributed by atoms with Crippen LogP contribution < -0.4 is 0 Å². The van der Waals surface area contributed by atoms with E-state index in [0.717, 1.165) is 13.0 Å². The zero-order chi connectivity index (χ0) is 15.6. The van der Waals surface area contributed by atoms with E-state index in [1.807, 2.05) is 21.0 Å². The largest absolute Gasteiger partial charge is 0.369 e. The molecule has 0 radical (unpaired) electrons. The number of carbonyl (C=O) groups is 2. The summed E-state index contributed by atoms with van der Waals surface area (Å²) in [4.78, 5) is 25.9. The van der Waals surface area contributed by atoms with Crippen molar-refractivity contribution in [1.82, 2.24) is 15.1 Å². The Morgan fingerprint density at radius 3 is 1.74 bits per heavy atom. The smallest absolute Gasteiger partial charge is 0.321 e. The third-order valence-electron chi connectivity index (χ3n) is 1.83. The molecule has 0 aliphatic carbocycles. The molecule has 0 bridgehead atoms. The van der Waals surface area contributed by atoms with Gasteiger partial charge in [-0.05, 0) is 13.3 Å². The van der Waals surface area contributed by atoms with Crippen LogP contribution in [0.4, 0.5) is 0 Å². The van der Waals surface area contributed by atoms with Gasteiger partial charge in [-0.1, -0.05) is 13.5 Å². The lowest BCUT2D eigenvalue weighted by Crippen LogP contribution is -2.42. The minimum Gasteiger partial charge on any atom is -0.369 e. The zero-order valence-electron chi connectivity index (χ0n) is 13.2. The molecule has 0 atom stereocenters. The molecule has 6 nitrogen and oxygen atoms in total. The van der Waals surface area contributed by atoms with Gasteiger partial charge < -0.3 is 4.84 Å². The normalized spacial score (nSPS) is 9.74. The summed E-state index contributed by atoms with van der Waals surface area (Å²) < 4.78 is 0. The Morgan fingerprint density at radius 2 is 1.58 bits per heavy atom. The van der Waals surface area contributed by atoms with Gasteiger partial charge in [0.2, 0.25) is 0 Å². The van der Waals surface area contributed by atoms with Crippen molar-refractivity contribution >= 4 is 11.9 Å². The first-order chi connectivity index (χ1) is 8.63. The van der Waals surface area contributed by atoms with E-state index in [0.29, 0.717) is 5.57 Å². The van der Waals surface area contributed by atoms with Crippen LogP contribution in [0.1, 0.15) is 27.2 Å². The maximum absolute atomic E-state index is 11.5. The fourth-order valence-corrected chi connectivity index (χ4v) is 1.17. The molecule has 0 aliphatic rings. The van der Waals surface area contributed by atoms with E-state index in [9.17, 15) is 9.59 Å². The third-order valence-corrected chi connectivity index (χ3v) is 1.83. The molecule has 19 heavy (non-hydrogen) atoms. The van der Waals surface area contributed by atoms with Gasteiger partial charge in [0.05, 0.1) is 0 Å². The average molecular weight is 273 g/mol. The monoisotopic (exact) mass is 273 g/mol. The molecule has 112 valence electrons. The maximum Gasteiger partial charge on any atom is 0.321 e. The summed E-state index contributed by atoms with van der Waals surface area (Å²) in [5.74, 6) is -0.285. The summed E-state index contributed by atoms with van der Waals surface area (Å²) in [5.41, 5.74) is 0.581. The van der Waals surface area contributed by atoms with Gasteiger partial charge in [-0.3, -0.25) is 14.6 Å². The molecule has 0 aromatic rings. The van der Waals surface area contributed by atoms with E-state index in [1.165, 1.54) is 12.0 Å². The van der Waals surface area contributed by atoms with E-state index in [-0.39, 0.29) is 11.9 Å². The highest BCUT2D eigenvalue weighted by molar-refractivity contribution is 5.91. The number of hydrogen-bond donors (Lipinski definition) is 0. The Balaban J connectivity index is 0. The summed E-state index contributed by atoms with van der Waals surface area (Å²) in [7, 11) is 7.02. The van der Waals surface area contributed by atoms with Crippen molar-refractivity contribution in [2.45, 2.75) is 27.2 Å². The minimum atomic E-state index is -0.287. The number of hydrogen-bond acceptors (Lipinski definition) is 5. The Labute approximate surface area is 116 Å². The standard InChI is InChI=1S/C9H18N2O.C4H9NO2/c1-6-7-11(10(4)5)9(12)8(2)3;1-4(6)7-5(2)3/h2,6-7H2,1,3-5H3;1-3H3. The predicted octanol–water partition coefficient (Wildman–Crippen LogP) is 1.30. The van der Waals surface area contributed by atoms with Crippen LogP contribution in [-0.4, -0.2) is 61.7 Å². The quantitative estimate of drug-likeness (QED) is 0.558. The van der Waals surface area contributed by atoms with E-state index < -0.39 is 0 Å². The zero-order valence-corrected chi connectivity index (χ0v) is 13.2. The predicted molar refractivity (Wildman–Crippen MR) is 76.0 cm³/mol. The average Bonchev–Trinajstić information content (AvgIpc) is 2.23. The van der Waals surface area contributed by atoms with Crippen molar-refractivity contribution in [2.24, 2.45) is 0 Å². The summed E-state index contributed by atoms with van der Waals surface area (Å²) in [6.07, 6.45) is 0.956. The van der Waals surface area contributed by atoms with Crippen LogP contribution in [0.5, 0.6) is 0 Å². The number of hydroxylamine groups is 2. The molecule has 0 rings (SSSR count). The first-order valence-electron chi connectivity index (χ1n) is 6.13. The summed E-state index contributed by atoms with van der Waals surface area (Å²) in [5, 5.41) is 4.82. The van der Waals surface area contributed by atoms with Crippen LogP contribution in [0.25, 0.3) is 0 Å². The molecule has 6 heteroatoms. The van der Waals surface area contributed by atoms with E-state index >= 15 is 0 Å². The Morgan fingerprint density at radius 1 is 1.11 bits per heavy atom. The van der Waals surface area contributed by atoms with Crippen molar-refractivity contribution in [1.29, 1.82) is 0 Å². The fraction of sp³-hybridized carbons (Fsp3) is 0.692. The number of carbonyl (C=O) groups excluding carboxylic acids is 2. The summed E-state index contributed by atoms with van der Waals surface area (Å²) in [6, 6.07) is 0. The lowest BCUT2D eigenvalue weighted by molar-refractivity contribution is -0.175. The molecule has 0 N–H and O–H groups in total. The molecule has 1 amide bonds. The highest BCUT2D eigenvalue weighted by Crippen LogP contribution is 2.01. The molecular weight excluding hydrogens is 246 g/mol. The summed E-state index contributed by atoms with van der Waals surface area (Å²) in [6.45, 7) is 9.51. The van der Waals surface area contributed by atoms with Gasteiger partial charge in [-0.2, -0.15) is 0 Å². The van der Waals surface area contributed by atoms with Crippen LogP contribution in [0.3, 0.4) is 0 Å². The number of hydrazine groups is 1. The maximum atomic E-state index is 11.5. The Hall–Kier alpha value is -1.40. The number of amides is 1. The molecule has 0 fully saturated rings. The molecule has 0 unspecified atom stereocenters. The molecule has 0 spiro atoms. The Kier molecular flexibility index (Phi) is 11.0. The highest BCUT2D eigenvalue weighted by Gasteiger charge is 2.14. The second-order valence-corrected chi connectivity index (χ2v) is 4.45. The van der Waals surface area contributed by atoms with Gasteiger partial charge >= 0.3 is 5.97 Å². The van der Waals surface area contributed by atoms with Crippen LogP contribution >= 0.6 is 0 Å². The first-order valence-corrected chi connectivity index (χ1v) is 6.13. The highest BCUT2D eigenvalue weighted by atomic mass is 16.7. The summed E-state index contributed by atoms with van der Waals surface area (Å²) >= 11 is 0. The van der Waals surface area contributed by atoms with Gasteiger partial charge in [0.1, 0.15) is 0 Å². The van der Waals surface area contributed by atoms with E-state index in [1.54, 1.807) is 31.0 Å². The molecular formula is C13H27N3O3.